The first-order valence-electron chi connectivity index (χ1n) is 6.57. The highest BCUT2D eigenvalue weighted by atomic mass is 35.5. The Morgan fingerprint density at radius 3 is 2.74 bits per heavy atom. The molecule has 0 aliphatic carbocycles. The van der Waals surface area contributed by atoms with E-state index in [1.54, 1.807) is 7.11 Å². The van der Waals surface area contributed by atoms with E-state index < -0.39 is 0 Å². The van der Waals surface area contributed by atoms with Gasteiger partial charge in [0.05, 0.1) is 5.60 Å². The molecule has 1 unspecified atom stereocenters. The summed E-state index contributed by atoms with van der Waals surface area (Å²) in [6.45, 7) is 4.26. The molecule has 0 aliphatic heterocycles. The van der Waals surface area contributed by atoms with E-state index in [2.05, 4.69) is 25.2 Å². The second-order valence-electron chi connectivity index (χ2n) is 5.26. The van der Waals surface area contributed by atoms with Crippen molar-refractivity contribution in [3.63, 3.8) is 0 Å². The minimum Gasteiger partial charge on any atom is -0.379 e. The fraction of sp³-hybridized carbons (Fsp3) is 0.600. The summed E-state index contributed by atoms with van der Waals surface area (Å²) in [5, 5.41) is 4.17. The van der Waals surface area contributed by atoms with Gasteiger partial charge < -0.3 is 10.1 Å². The molecule has 0 amide bonds. The molecule has 108 valence electrons. The highest BCUT2D eigenvalue weighted by Crippen LogP contribution is 2.24. The van der Waals surface area contributed by atoms with Crippen molar-refractivity contribution in [2.45, 2.75) is 43.2 Å². The molecule has 0 radical (unpaired) electrons. The molecular weight excluding hydrogens is 278 g/mol. The molecule has 1 aromatic rings. The van der Waals surface area contributed by atoms with Crippen LogP contribution in [0.2, 0.25) is 5.02 Å². The predicted molar refractivity (Wildman–Crippen MR) is 85.3 cm³/mol. The van der Waals surface area contributed by atoms with E-state index >= 15 is 0 Å². The van der Waals surface area contributed by atoms with Crippen LogP contribution in [0.3, 0.4) is 0 Å². The highest BCUT2D eigenvalue weighted by molar-refractivity contribution is 7.99. The molecule has 1 atom stereocenters. The topological polar surface area (TPSA) is 21.3 Å². The molecule has 0 heterocycles. The molecule has 19 heavy (non-hydrogen) atoms. The number of nitrogens with one attached hydrogen (secondary N) is 1. The summed E-state index contributed by atoms with van der Waals surface area (Å²) >= 11 is 7.83. The van der Waals surface area contributed by atoms with E-state index in [0.717, 1.165) is 23.6 Å². The molecule has 2 nitrogen and oxygen atoms in total. The van der Waals surface area contributed by atoms with Crippen molar-refractivity contribution in [3.8, 4) is 0 Å². The smallest absolute Gasteiger partial charge is 0.0623 e. The van der Waals surface area contributed by atoms with Crippen LogP contribution in [0.15, 0.2) is 29.2 Å². The molecule has 4 heteroatoms. The van der Waals surface area contributed by atoms with Crippen LogP contribution in [0.4, 0.5) is 0 Å². The number of ether oxygens (including phenoxy) is 1. The Hall–Kier alpha value is -0.220. The van der Waals surface area contributed by atoms with Crippen LogP contribution in [-0.2, 0) is 4.74 Å². The molecule has 0 aromatic heterocycles. The lowest BCUT2D eigenvalue weighted by Gasteiger charge is -2.25. The third-order valence-electron chi connectivity index (χ3n) is 3.30. The maximum atomic E-state index is 5.99. The standard InChI is InChI=1S/C15H24ClNOS/c1-15(2,18-4)9-8-13(17-3)11-19-14-7-5-6-12(16)10-14/h5-7,10,13,17H,8-9,11H2,1-4H3. The molecule has 0 saturated heterocycles. The van der Waals surface area contributed by atoms with Crippen LogP contribution in [0.1, 0.15) is 26.7 Å². The van der Waals surface area contributed by atoms with Crippen molar-refractivity contribution in [2.24, 2.45) is 0 Å². The number of benzene rings is 1. The number of hydrogen-bond acceptors (Lipinski definition) is 3. The first-order valence-corrected chi connectivity index (χ1v) is 7.94. The van der Waals surface area contributed by atoms with Gasteiger partial charge in [-0.15, -0.1) is 11.8 Å². The largest absolute Gasteiger partial charge is 0.379 e. The van der Waals surface area contributed by atoms with Gasteiger partial charge in [-0.25, -0.2) is 0 Å². The van der Waals surface area contributed by atoms with Crippen LogP contribution >= 0.6 is 23.4 Å². The van der Waals surface area contributed by atoms with E-state index in [-0.39, 0.29) is 5.60 Å². The van der Waals surface area contributed by atoms with Gasteiger partial charge in [0.1, 0.15) is 0 Å². The average Bonchev–Trinajstić information content (AvgIpc) is 2.39. The minimum atomic E-state index is -0.0458. The maximum Gasteiger partial charge on any atom is 0.0623 e. The molecule has 0 saturated carbocycles. The monoisotopic (exact) mass is 301 g/mol. The Morgan fingerprint density at radius 1 is 1.42 bits per heavy atom. The van der Waals surface area contributed by atoms with Gasteiger partial charge in [0.15, 0.2) is 0 Å². The number of halogens is 1. The number of methoxy groups -OCH3 is 1. The SMILES string of the molecule is CNC(CCC(C)(C)OC)CSc1cccc(Cl)c1. The second kappa shape index (κ2) is 8.15. The van der Waals surface area contributed by atoms with E-state index in [1.807, 2.05) is 37.0 Å². The van der Waals surface area contributed by atoms with Crippen LogP contribution in [0, 0.1) is 0 Å². The summed E-state index contributed by atoms with van der Waals surface area (Å²) < 4.78 is 5.46. The van der Waals surface area contributed by atoms with Gasteiger partial charge in [-0.2, -0.15) is 0 Å². The first-order chi connectivity index (χ1) is 8.96. The molecule has 0 fully saturated rings. The first kappa shape index (κ1) is 16.8. The molecule has 1 N–H and O–H groups in total. The minimum absolute atomic E-state index is 0.0458. The lowest BCUT2D eigenvalue weighted by atomic mass is 9.99. The third kappa shape index (κ3) is 6.66. The summed E-state index contributed by atoms with van der Waals surface area (Å²) in [7, 11) is 3.79. The summed E-state index contributed by atoms with van der Waals surface area (Å²) in [5.41, 5.74) is -0.0458. The molecular formula is C15H24ClNOS. The van der Waals surface area contributed by atoms with Gasteiger partial charge in [0.25, 0.3) is 0 Å². The quantitative estimate of drug-likeness (QED) is 0.726. The molecule has 0 bridgehead atoms. The Bertz CT molecular complexity index is 384. The van der Waals surface area contributed by atoms with E-state index in [0.29, 0.717) is 6.04 Å². The Labute approximate surface area is 126 Å². The lowest BCUT2D eigenvalue weighted by Crippen LogP contribution is -2.32. The van der Waals surface area contributed by atoms with Gasteiger partial charge in [-0.05, 0) is 51.9 Å². The summed E-state index contributed by atoms with van der Waals surface area (Å²) in [6, 6.07) is 8.49. The van der Waals surface area contributed by atoms with Gasteiger partial charge in [-0.3, -0.25) is 0 Å². The van der Waals surface area contributed by atoms with Crippen LogP contribution in [0.5, 0.6) is 0 Å². The molecule has 0 spiro atoms. The van der Waals surface area contributed by atoms with Crippen molar-refractivity contribution in [3.05, 3.63) is 29.3 Å². The molecule has 1 aromatic carbocycles. The van der Waals surface area contributed by atoms with Crippen molar-refractivity contribution in [1.29, 1.82) is 0 Å². The molecule has 1 rings (SSSR count). The Kier molecular flexibility index (Phi) is 7.22. The summed E-state index contributed by atoms with van der Waals surface area (Å²) in [4.78, 5) is 1.22. The molecule has 0 aliphatic rings. The zero-order chi connectivity index (χ0) is 14.3. The van der Waals surface area contributed by atoms with Crippen molar-refractivity contribution in [1.82, 2.24) is 5.32 Å². The Morgan fingerprint density at radius 2 is 2.16 bits per heavy atom. The highest BCUT2D eigenvalue weighted by Gasteiger charge is 2.18. The van der Waals surface area contributed by atoms with Crippen LogP contribution < -0.4 is 5.32 Å². The van der Waals surface area contributed by atoms with Crippen molar-refractivity contribution >= 4 is 23.4 Å². The Balaban J connectivity index is 2.40. The van der Waals surface area contributed by atoms with Crippen LogP contribution in [-0.4, -0.2) is 31.6 Å². The normalized spacial score (nSPS) is 13.5. The average molecular weight is 302 g/mol. The number of hydrogen-bond donors (Lipinski definition) is 1. The van der Waals surface area contributed by atoms with E-state index in [4.69, 9.17) is 16.3 Å². The van der Waals surface area contributed by atoms with Crippen molar-refractivity contribution in [2.75, 3.05) is 19.9 Å². The summed E-state index contributed by atoms with van der Waals surface area (Å²) in [5.74, 6) is 1.04. The zero-order valence-corrected chi connectivity index (χ0v) is 13.8. The maximum absolute atomic E-state index is 5.99. The third-order valence-corrected chi connectivity index (χ3v) is 4.69. The van der Waals surface area contributed by atoms with Gasteiger partial charge in [-0.1, -0.05) is 17.7 Å². The fourth-order valence-corrected chi connectivity index (χ4v) is 3.06. The van der Waals surface area contributed by atoms with Gasteiger partial charge in [0, 0.05) is 28.8 Å². The summed E-state index contributed by atoms with van der Waals surface area (Å²) in [6.07, 6.45) is 2.15. The number of thioether (sulfide) groups is 1. The fourth-order valence-electron chi connectivity index (χ4n) is 1.69. The zero-order valence-electron chi connectivity index (χ0n) is 12.2. The van der Waals surface area contributed by atoms with Crippen LogP contribution in [0.25, 0.3) is 0 Å². The van der Waals surface area contributed by atoms with E-state index in [9.17, 15) is 0 Å². The van der Waals surface area contributed by atoms with Gasteiger partial charge >= 0.3 is 0 Å². The predicted octanol–water partition coefficient (Wildman–Crippen LogP) is 4.23. The number of rotatable bonds is 8. The van der Waals surface area contributed by atoms with Gasteiger partial charge in [0.2, 0.25) is 0 Å². The second-order valence-corrected chi connectivity index (χ2v) is 6.79. The van der Waals surface area contributed by atoms with Crippen molar-refractivity contribution < 1.29 is 4.74 Å². The van der Waals surface area contributed by atoms with E-state index in [1.165, 1.54) is 4.90 Å². The lowest BCUT2D eigenvalue weighted by molar-refractivity contribution is 0.0123.